The summed E-state index contributed by atoms with van der Waals surface area (Å²) in [5, 5.41) is 0. The molecular formula is C19H20N2O5S. The maximum atomic E-state index is 12.9. The number of anilines is 1. The summed E-state index contributed by atoms with van der Waals surface area (Å²) in [4.78, 5) is 14.4. The van der Waals surface area contributed by atoms with Crippen LogP contribution < -0.4 is 14.4 Å². The molecule has 0 aromatic heterocycles. The SMILES string of the molecule is CN(CC(=O)N1CCc2ccccc21)S(=O)(=O)c1ccc2c(c1)OCCO2. The first-order valence-corrected chi connectivity index (χ1v) is 10.1. The topological polar surface area (TPSA) is 76.2 Å². The lowest BCUT2D eigenvalue weighted by atomic mass is 10.2. The largest absolute Gasteiger partial charge is 0.486 e. The Morgan fingerprint density at radius 2 is 1.85 bits per heavy atom. The van der Waals surface area contributed by atoms with Gasteiger partial charge in [-0.15, -0.1) is 0 Å². The van der Waals surface area contributed by atoms with Crippen LogP contribution in [-0.2, 0) is 21.2 Å². The molecule has 4 rings (SSSR count). The first-order chi connectivity index (χ1) is 13.0. The van der Waals surface area contributed by atoms with Gasteiger partial charge in [-0.2, -0.15) is 4.31 Å². The lowest BCUT2D eigenvalue weighted by Gasteiger charge is -2.23. The van der Waals surface area contributed by atoms with Crippen molar-refractivity contribution in [2.45, 2.75) is 11.3 Å². The van der Waals surface area contributed by atoms with Crippen LogP contribution in [0.4, 0.5) is 5.69 Å². The molecule has 0 saturated carbocycles. The molecule has 142 valence electrons. The lowest BCUT2D eigenvalue weighted by Crippen LogP contribution is -2.40. The van der Waals surface area contributed by atoms with Crippen LogP contribution in [0.1, 0.15) is 5.56 Å². The molecule has 2 aliphatic rings. The number of ether oxygens (including phenoxy) is 2. The van der Waals surface area contributed by atoms with E-state index in [9.17, 15) is 13.2 Å². The third-order valence-electron chi connectivity index (χ3n) is 4.77. The number of rotatable bonds is 4. The van der Waals surface area contributed by atoms with E-state index in [0.717, 1.165) is 22.0 Å². The number of sulfonamides is 1. The van der Waals surface area contributed by atoms with Crippen LogP contribution in [0, 0.1) is 0 Å². The van der Waals surface area contributed by atoms with Gasteiger partial charge in [-0.1, -0.05) is 18.2 Å². The quantitative estimate of drug-likeness (QED) is 0.796. The summed E-state index contributed by atoms with van der Waals surface area (Å²) in [6.07, 6.45) is 0.778. The van der Waals surface area contributed by atoms with E-state index in [0.29, 0.717) is 31.3 Å². The standard InChI is InChI=1S/C19H20N2O5S/c1-20(13-19(22)21-9-8-14-4-2-3-5-16(14)21)27(23,24)15-6-7-17-18(12-15)26-11-10-25-17/h2-7,12H,8-11,13H2,1H3. The average molecular weight is 388 g/mol. The second-order valence-corrected chi connectivity index (χ2v) is 8.54. The molecule has 2 aliphatic heterocycles. The van der Waals surface area contributed by atoms with Gasteiger partial charge in [0.15, 0.2) is 11.5 Å². The number of hydrogen-bond donors (Lipinski definition) is 0. The number of benzene rings is 2. The Morgan fingerprint density at radius 1 is 1.11 bits per heavy atom. The first kappa shape index (κ1) is 17.8. The summed E-state index contributed by atoms with van der Waals surface area (Å²) in [7, 11) is -2.42. The minimum atomic E-state index is -3.82. The Labute approximate surface area is 158 Å². The molecule has 0 saturated heterocycles. The minimum absolute atomic E-state index is 0.0730. The van der Waals surface area contributed by atoms with Gasteiger partial charge >= 0.3 is 0 Å². The normalized spacial score (nSPS) is 15.7. The van der Waals surface area contributed by atoms with E-state index in [4.69, 9.17) is 9.47 Å². The highest BCUT2D eigenvalue weighted by atomic mass is 32.2. The molecule has 0 spiro atoms. The predicted molar refractivity (Wildman–Crippen MR) is 99.7 cm³/mol. The molecule has 27 heavy (non-hydrogen) atoms. The third-order valence-corrected chi connectivity index (χ3v) is 6.57. The number of hydrogen-bond acceptors (Lipinski definition) is 5. The van der Waals surface area contributed by atoms with Crippen molar-refractivity contribution in [1.29, 1.82) is 0 Å². The number of para-hydroxylation sites is 1. The molecule has 7 nitrogen and oxygen atoms in total. The smallest absolute Gasteiger partial charge is 0.243 e. The summed E-state index contributed by atoms with van der Waals surface area (Å²) in [5.74, 6) is 0.673. The van der Waals surface area contributed by atoms with Crippen molar-refractivity contribution in [2.75, 3.05) is 38.3 Å². The average Bonchev–Trinajstić information content (AvgIpc) is 3.11. The number of carbonyl (C=O) groups is 1. The Morgan fingerprint density at radius 3 is 2.67 bits per heavy atom. The number of carbonyl (C=O) groups excluding carboxylic acids is 1. The highest BCUT2D eigenvalue weighted by Crippen LogP contribution is 2.33. The second kappa shape index (κ2) is 6.86. The van der Waals surface area contributed by atoms with Gasteiger partial charge in [0.2, 0.25) is 15.9 Å². The zero-order valence-corrected chi connectivity index (χ0v) is 15.7. The number of fused-ring (bicyclic) bond motifs is 2. The summed E-state index contributed by atoms with van der Waals surface area (Å²) >= 11 is 0. The molecule has 0 fully saturated rings. The first-order valence-electron chi connectivity index (χ1n) is 8.71. The Kier molecular flexibility index (Phi) is 4.53. The predicted octanol–water partition coefficient (Wildman–Crippen LogP) is 1.67. The van der Waals surface area contributed by atoms with E-state index in [-0.39, 0.29) is 17.3 Å². The van der Waals surface area contributed by atoms with Crippen molar-refractivity contribution in [2.24, 2.45) is 0 Å². The molecular weight excluding hydrogens is 368 g/mol. The van der Waals surface area contributed by atoms with Gasteiger partial charge in [-0.3, -0.25) is 4.79 Å². The van der Waals surface area contributed by atoms with Gasteiger partial charge in [0.1, 0.15) is 13.2 Å². The zero-order valence-electron chi connectivity index (χ0n) is 14.9. The van der Waals surface area contributed by atoms with Crippen molar-refractivity contribution in [3.05, 3.63) is 48.0 Å². The summed E-state index contributed by atoms with van der Waals surface area (Å²) in [5.41, 5.74) is 1.95. The second-order valence-electron chi connectivity index (χ2n) is 6.49. The molecule has 0 radical (unpaired) electrons. The van der Waals surface area contributed by atoms with E-state index >= 15 is 0 Å². The monoisotopic (exact) mass is 388 g/mol. The Bertz CT molecular complexity index is 989. The van der Waals surface area contributed by atoms with Crippen molar-refractivity contribution in [3.63, 3.8) is 0 Å². The highest BCUT2D eigenvalue weighted by molar-refractivity contribution is 7.89. The van der Waals surface area contributed by atoms with E-state index in [1.165, 1.54) is 19.2 Å². The lowest BCUT2D eigenvalue weighted by molar-refractivity contribution is -0.118. The molecule has 2 aromatic carbocycles. The van der Waals surface area contributed by atoms with Crippen LogP contribution in [0.25, 0.3) is 0 Å². The summed E-state index contributed by atoms with van der Waals surface area (Å²) < 4.78 is 37.7. The summed E-state index contributed by atoms with van der Waals surface area (Å²) in [6, 6.07) is 12.2. The van der Waals surface area contributed by atoms with Crippen molar-refractivity contribution in [3.8, 4) is 11.5 Å². The van der Waals surface area contributed by atoms with E-state index < -0.39 is 10.0 Å². The van der Waals surface area contributed by atoms with Crippen LogP contribution >= 0.6 is 0 Å². The molecule has 0 bridgehead atoms. The summed E-state index contributed by atoms with van der Waals surface area (Å²) in [6.45, 7) is 1.14. The number of nitrogens with zero attached hydrogens (tertiary/aromatic N) is 2. The highest BCUT2D eigenvalue weighted by Gasteiger charge is 2.29. The molecule has 0 unspecified atom stereocenters. The minimum Gasteiger partial charge on any atom is -0.486 e. The van der Waals surface area contributed by atoms with E-state index in [1.54, 1.807) is 11.0 Å². The molecule has 1 amide bonds. The molecule has 0 atom stereocenters. The Hall–Kier alpha value is -2.58. The molecule has 0 aliphatic carbocycles. The maximum absolute atomic E-state index is 12.9. The zero-order chi connectivity index (χ0) is 19.0. The van der Waals surface area contributed by atoms with Crippen LogP contribution in [0.15, 0.2) is 47.4 Å². The van der Waals surface area contributed by atoms with Gasteiger partial charge in [-0.25, -0.2) is 8.42 Å². The van der Waals surface area contributed by atoms with Gasteiger partial charge in [-0.05, 0) is 30.2 Å². The van der Waals surface area contributed by atoms with Crippen molar-refractivity contribution in [1.82, 2.24) is 4.31 Å². The fourth-order valence-electron chi connectivity index (χ4n) is 3.32. The van der Waals surface area contributed by atoms with Gasteiger partial charge in [0, 0.05) is 25.3 Å². The maximum Gasteiger partial charge on any atom is 0.243 e. The molecule has 2 aromatic rings. The van der Waals surface area contributed by atoms with Gasteiger partial charge in [0.05, 0.1) is 11.4 Å². The van der Waals surface area contributed by atoms with Crippen LogP contribution in [0.5, 0.6) is 11.5 Å². The third kappa shape index (κ3) is 3.26. The number of likely N-dealkylation sites (N-methyl/N-ethyl adjacent to an activating group) is 1. The van der Waals surface area contributed by atoms with Crippen LogP contribution in [0.2, 0.25) is 0 Å². The van der Waals surface area contributed by atoms with Crippen LogP contribution in [0.3, 0.4) is 0 Å². The number of amides is 1. The van der Waals surface area contributed by atoms with E-state index in [2.05, 4.69) is 0 Å². The fraction of sp³-hybridized carbons (Fsp3) is 0.316. The molecule has 0 N–H and O–H groups in total. The van der Waals surface area contributed by atoms with E-state index in [1.807, 2.05) is 24.3 Å². The Balaban J connectivity index is 1.52. The van der Waals surface area contributed by atoms with Crippen molar-refractivity contribution >= 4 is 21.6 Å². The van der Waals surface area contributed by atoms with Gasteiger partial charge in [0.25, 0.3) is 0 Å². The molecule has 2 heterocycles. The molecule has 8 heteroatoms. The fourth-order valence-corrected chi connectivity index (χ4v) is 4.46. The van der Waals surface area contributed by atoms with Crippen LogP contribution in [-0.4, -0.2) is 52.0 Å². The van der Waals surface area contributed by atoms with Crippen molar-refractivity contribution < 1.29 is 22.7 Å². The van der Waals surface area contributed by atoms with Gasteiger partial charge < -0.3 is 14.4 Å².